The number of carbonyl (C=O) groups is 4. The number of anilines is 2. The summed E-state index contributed by atoms with van der Waals surface area (Å²) >= 11 is 0. The zero-order valence-electron chi connectivity index (χ0n) is 21.4. The molecule has 0 unspecified atom stereocenters. The first-order valence-corrected chi connectivity index (χ1v) is 12.4. The number of benzene rings is 2. The summed E-state index contributed by atoms with van der Waals surface area (Å²) < 4.78 is 5.47. The number of nitrogens with zero attached hydrogens (tertiary/aromatic N) is 2. The number of nitrogens with one attached hydrogen (secondary N) is 1. The Morgan fingerprint density at radius 1 is 1.06 bits per heavy atom. The molecule has 2 heterocycles. The van der Waals surface area contributed by atoms with Gasteiger partial charge in [-0.05, 0) is 50.1 Å². The zero-order valence-corrected chi connectivity index (χ0v) is 21.4. The Bertz CT molecular complexity index is 1190. The fourth-order valence-corrected chi connectivity index (χ4v) is 5.56. The number of carbonyl (C=O) groups excluding carboxylic acids is 4. The zero-order chi connectivity index (χ0) is 26.2. The molecule has 2 fully saturated rings. The van der Waals surface area contributed by atoms with Gasteiger partial charge in [0.05, 0.1) is 24.1 Å². The molecule has 1 N–H and O–H groups in total. The average molecular weight is 492 g/mol. The molecule has 0 radical (unpaired) electrons. The minimum atomic E-state index is -1.33. The van der Waals surface area contributed by atoms with Crippen molar-refractivity contribution in [1.82, 2.24) is 5.32 Å². The molecule has 2 aliphatic rings. The van der Waals surface area contributed by atoms with E-state index in [1.165, 1.54) is 6.92 Å². The fourth-order valence-electron chi connectivity index (χ4n) is 5.56. The lowest BCUT2D eigenvalue weighted by Gasteiger charge is -2.32. The molecule has 0 saturated carbocycles. The third-order valence-electron chi connectivity index (χ3n) is 7.22. The van der Waals surface area contributed by atoms with Gasteiger partial charge in [0, 0.05) is 31.4 Å². The molecule has 4 rings (SSSR count). The first kappa shape index (κ1) is 25.6. The van der Waals surface area contributed by atoms with Gasteiger partial charge < -0.3 is 9.64 Å². The van der Waals surface area contributed by atoms with Crippen LogP contribution in [0.25, 0.3) is 0 Å². The number of rotatable bonds is 8. The second-order valence-electron chi connectivity index (χ2n) is 9.67. The van der Waals surface area contributed by atoms with Gasteiger partial charge in [-0.1, -0.05) is 37.6 Å². The van der Waals surface area contributed by atoms with Gasteiger partial charge in [-0.25, -0.2) is 4.90 Å². The summed E-state index contributed by atoms with van der Waals surface area (Å²) in [6.45, 7) is 5.26. The van der Waals surface area contributed by atoms with Gasteiger partial charge in [0.15, 0.2) is 5.78 Å². The Balaban J connectivity index is 1.84. The number of Topliss-reactive ketones (excluding diaryl/α,β-unsaturated/α-hetero) is 1. The highest BCUT2D eigenvalue weighted by Crippen LogP contribution is 2.51. The number of fused-ring (bicyclic) bond motifs is 1. The minimum Gasteiger partial charge on any atom is -0.465 e. The van der Waals surface area contributed by atoms with Crippen LogP contribution in [0.15, 0.2) is 48.5 Å². The maximum atomic E-state index is 14.0. The standard InChI is InChI=1S/C28H33N3O5/c1-6-15-28(27(35)36-7-2)23-22(24(29-28)18-11-13-20(14-12-18)30(4)5)25(33)31(26(23)34)21-10-8-9-19(16-21)17(3)32/h8-14,16,22-24,29H,6-7,15H2,1-5H3/t22-,23-,24-,28+/m0/s1. The topological polar surface area (TPSA) is 96.0 Å². The maximum Gasteiger partial charge on any atom is 0.327 e. The van der Waals surface area contributed by atoms with Gasteiger partial charge in [0.1, 0.15) is 5.54 Å². The Hall–Kier alpha value is -3.52. The lowest BCUT2D eigenvalue weighted by atomic mass is 9.77. The first-order valence-electron chi connectivity index (χ1n) is 12.4. The van der Waals surface area contributed by atoms with Crippen LogP contribution in [0.1, 0.15) is 55.6 Å². The van der Waals surface area contributed by atoms with Crippen molar-refractivity contribution < 1.29 is 23.9 Å². The summed E-state index contributed by atoms with van der Waals surface area (Å²) in [6.07, 6.45) is 0.961. The van der Waals surface area contributed by atoms with Crippen LogP contribution >= 0.6 is 0 Å². The van der Waals surface area contributed by atoms with Crippen LogP contribution < -0.4 is 15.1 Å². The van der Waals surface area contributed by atoms with Crippen molar-refractivity contribution >= 4 is 34.9 Å². The van der Waals surface area contributed by atoms with Crippen molar-refractivity contribution in [2.45, 2.75) is 45.2 Å². The molecule has 190 valence electrons. The maximum absolute atomic E-state index is 14.0. The number of ether oxygens (including phenoxy) is 1. The highest BCUT2D eigenvalue weighted by Gasteiger charge is 2.68. The summed E-state index contributed by atoms with van der Waals surface area (Å²) in [7, 11) is 3.89. The molecule has 2 amide bonds. The van der Waals surface area contributed by atoms with Gasteiger partial charge in [-0.3, -0.25) is 24.5 Å². The summed E-state index contributed by atoms with van der Waals surface area (Å²) in [5.74, 6) is -3.24. The predicted molar refractivity (Wildman–Crippen MR) is 137 cm³/mol. The molecule has 0 aromatic heterocycles. The number of esters is 1. The predicted octanol–water partition coefficient (Wildman–Crippen LogP) is 3.51. The highest BCUT2D eigenvalue weighted by atomic mass is 16.5. The smallest absolute Gasteiger partial charge is 0.327 e. The monoisotopic (exact) mass is 491 g/mol. The van der Waals surface area contributed by atoms with Crippen LogP contribution in [0.5, 0.6) is 0 Å². The molecular formula is C28H33N3O5. The van der Waals surface area contributed by atoms with E-state index in [-0.39, 0.29) is 18.3 Å². The number of amides is 2. The van der Waals surface area contributed by atoms with Crippen LogP contribution in [0.2, 0.25) is 0 Å². The van der Waals surface area contributed by atoms with E-state index in [1.807, 2.05) is 50.2 Å². The molecule has 2 aliphatic heterocycles. The Morgan fingerprint density at radius 3 is 2.33 bits per heavy atom. The van der Waals surface area contributed by atoms with Gasteiger partial charge in [-0.2, -0.15) is 0 Å². The van der Waals surface area contributed by atoms with Crippen molar-refractivity contribution in [3.05, 3.63) is 59.7 Å². The molecule has 0 spiro atoms. The first-order chi connectivity index (χ1) is 17.2. The van der Waals surface area contributed by atoms with Crippen molar-refractivity contribution in [3.8, 4) is 0 Å². The number of ketones is 1. The van der Waals surface area contributed by atoms with Crippen LogP contribution in [0.3, 0.4) is 0 Å². The van der Waals surface area contributed by atoms with Gasteiger partial charge >= 0.3 is 5.97 Å². The Labute approximate surface area is 211 Å². The molecular weight excluding hydrogens is 458 g/mol. The van der Waals surface area contributed by atoms with E-state index in [9.17, 15) is 19.2 Å². The molecule has 2 aromatic carbocycles. The van der Waals surface area contributed by atoms with Gasteiger partial charge in [0.25, 0.3) is 0 Å². The second kappa shape index (κ2) is 9.85. The van der Waals surface area contributed by atoms with Crippen LogP contribution in [0.4, 0.5) is 11.4 Å². The molecule has 8 nitrogen and oxygen atoms in total. The van der Waals surface area contributed by atoms with Crippen LogP contribution in [-0.4, -0.2) is 49.8 Å². The quantitative estimate of drug-likeness (QED) is 0.343. The summed E-state index contributed by atoms with van der Waals surface area (Å²) in [6, 6.07) is 13.7. The van der Waals surface area contributed by atoms with Crippen LogP contribution in [0, 0.1) is 11.8 Å². The van der Waals surface area contributed by atoms with E-state index in [0.29, 0.717) is 24.1 Å². The number of hydrogen-bond donors (Lipinski definition) is 1. The van der Waals surface area contributed by atoms with E-state index in [0.717, 1.165) is 16.2 Å². The lowest BCUT2D eigenvalue weighted by Crippen LogP contribution is -2.56. The molecule has 4 atom stereocenters. The largest absolute Gasteiger partial charge is 0.465 e. The van der Waals surface area contributed by atoms with Crippen molar-refractivity contribution in [2.75, 3.05) is 30.5 Å². The Morgan fingerprint density at radius 2 is 1.75 bits per heavy atom. The van der Waals surface area contributed by atoms with E-state index in [1.54, 1.807) is 31.2 Å². The molecule has 36 heavy (non-hydrogen) atoms. The number of hydrogen-bond acceptors (Lipinski definition) is 7. The SMILES string of the molecule is CCC[C@@]1(C(=O)OCC)N[C@@H](c2ccc(N(C)C)cc2)[C@H]2C(=O)N(c3cccc(C(C)=O)c3)C(=O)[C@H]21. The van der Waals surface area contributed by atoms with Crippen molar-refractivity contribution in [3.63, 3.8) is 0 Å². The summed E-state index contributed by atoms with van der Waals surface area (Å²) in [5, 5.41) is 3.41. The fraction of sp³-hybridized carbons (Fsp3) is 0.429. The van der Waals surface area contributed by atoms with E-state index >= 15 is 0 Å². The third-order valence-corrected chi connectivity index (χ3v) is 7.22. The van der Waals surface area contributed by atoms with E-state index < -0.39 is 35.3 Å². The summed E-state index contributed by atoms with van der Waals surface area (Å²) in [5.41, 5.74) is 1.22. The molecule has 0 aliphatic carbocycles. The van der Waals surface area contributed by atoms with Gasteiger partial charge in [-0.15, -0.1) is 0 Å². The van der Waals surface area contributed by atoms with Crippen molar-refractivity contribution in [2.24, 2.45) is 11.8 Å². The highest BCUT2D eigenvalue weighted by molar-refractivity contribution is 6.24. The second-order valence-corrected chi connectivity index (χ2v) is 9.67. The lowest BCUT2D eigenvalue weighted by molar-refractivity contribution is -0.155. The van der Waals surface area contributed by atoms with E-state index in [4.69, 9.17) is 4.74 Å². The van der Waals surface area contributed by atoms with Crippen molar-refractivity contribution in [1.29, 1.82) is 0 Å². The molecule has 0 bridgehead atoms. The number of imide groups is 1. The third kappa shape index (κ3) is 4.09. The van der Waals surface area contributed by atoms with Gasteiger partial charge in [0.2, 0.25) is 11.8 Å². The molecule has 2 saturated heterocycles. The van der Waals surface area contributed by atoms with E-state index in [2.05, 4.69) is 5.32 Å². The van der Waals surface area contributed by atoms with Crippen LogP contribution in [-0.2, 0) is 19.1 Å². The molecule has 8 heteroatoms. The normalized spacial score (nSPS) is 25.1. The average Bonchev–Trinajstić information content (AvgIpc) is 3.33. The summed E-state index contributed by atoms with van der Waals surface area (Å²) in [4.78, 5) is 56.4. The minimum absolute atomic E-state index is 0.163. The Kier molecular flexibility index (Phi) is 7.00. The molecule has 2 aromatic rings.